The molecule has 0 saturated heterocycles. The van der Waals surface area contributed by atoms with Crippen LogP contribution >= 0.6 is 0 Å². The molecule has 0 atom stereocenters. The Kier molecular flexibility index (Phi) is 7.43. The van der Waals surface area contributed by atoms with E-state index in [1.165, 1.54) is 0 Å². The van der Waals surface area contributed by atoms with Crippen LogP contribution in [0.5, 0.6) is 17.2 Å². The molecular formula is C19H23NO5. The lowest BCUT2D eigenvalue weighted by Crippen LogP contribution is -2.13. The van der Waals surface area contributed by atoms with Gasteiger partial charge in [0, 0.05) is 11.8 Å². The standard InChI is InChI=1S/C19H23NO5/c1-3-22-16-8-10-17(11-9-16)24-12-13-25-18-7-5-6-15(14-18)20-19(21)23-4-2/h5-11,14H,3-4,12-13H2,1-2H3,(H,20,21). The van der Waals surface area contributed by atoms with Crippen LogP contribution in [-0.2, 0) is 4.74 Å². The summed E-state index contributed by atoms with van der Waals surface area (Å²) in [5.74, 6) is 2.21. The molecule has 2 aromatic rings. The number of hydrogen-bond acceptors (Lipinski definition) is 5. The highest BCUT2D eigenvalue weighted by Crippen LogP contribution is 2.19. The van der Waals surface area contributed by atoms with Crippen LogP contribution in [0.4, 0.5) is 10.5 Å². The summed E-state index contributed by atoms with van der Waals surface area (Å²) >= 11 is 0. The molecule has 0 bridgehead atoms. The van der Waals surface area contributed by atoms with Crippen LogP contribution in [0.2, 0.25) is 0 Å². The molecule has 2 rings (SSSR count). The van der Waals surface area contributed by atoms with Gasteiger partial charge in [-0.05, 0) is 50.2 Å². The molecule has 1 amide bonds. The molecule has 0 aliphatic rings. The van der Waals surface area contributed by atoms with Crippen molar-refractivity contribution in [3.8, 4) is 17.2 Å². The molecule has 25 heavy (non-hydrogen) atoms. The highest BCUT2D eigenvalue weighted by atomic mass is 16.5. The van der Waals surface area contributed by atoms with Gasteiger partial charge in [0.05, 0.1) is 13.2 Å². The zero-order valence-corrected chi connectivity index (χ0v) is 14.5. The minimum absolute atomic E-state index is 0.324. The van der Waals surface area contributed by atoms with Crippen molar-refractivity contribution in [2.24, 2.45) is 0 Å². The summed E-state index contributed by atoms with van der Waals surface area (Å²) in [6.45, 7) is 5.45. The largest absolute Gasteiger partial charge is 0.494 e. The monoisotopic (exact) mass is 345 g/mol. The van der Waals surface area contributed by atoms with Gasteiger partial charge in [-0.15, -0.1) is 0 Å². The highest BCUT2D eigenvalue weighted by Gasteiger charge is 2.03. The number of anilines is 1. The van der Waals surface area contributed by atoms with Crippen molar-refractivity contribution >= 4 is 11.8 Å². The quantitative estimate of drug-likeness (QED) is 0.693. The number of nitrogens with one attached hydrogen (secondary N) is 1. The van der Waals surface area contributed by atoms with Crippen LogP contribution in [0, 0.1) is 0 Å². The second kappa shape index (κ2) is 10.1. The minimum atomic E-state index is -0.488. The predicted octanol–water partition coefficient (Wildman–Crippen LogP) is 4.11. The van der Waals surface area contributed by atoms with Crippen molar-refractivity contribution in [3.63, 3.8) is 0 Å². The smallest absolute Gasteiger partial charge is 0.411 e. The van der Waals surface area contributed by atoms with Gasteiger partial charge in [0.25, 0.3) is 0 Å². The average molecular weight is 345 g/mol. The van der Waals surface area contributed by atoms with Gasteiger partial charge in [-0.25, -0.2) is 4.79 Å². The zero-order valence-electron chi connectivity index (χ0n) is 14.5. The van der Waals surface area contributed by atoms with E-state index in [0.717, 1.165) is 11.5 Å². The Morgan fingerprint density at radius 1 is 0.840 bits per heavy atom. The molecule has 2 aromatic carbocycles. The molecule has 134 valence electrons. The van der Waals surface area contributed by atoms with E-state index in [4.69, 9.17) is 18.9 Å². The highest BCUT2D eigenvalue weighted by molar-refractivity contribution is 5.84. The zero-order chi connectivity index (χ0) is 17.9. The summed E-state index contributed by atoms with van der Waals surface area (Å²) in [4.78, 5) is 11.4. The Labute approximate surface area is 147 Å². The van der Waals surface area contributed by atoms with E-state index in [1.807, 2.05) is 37.3 Å². The first-order valence-corrected chi connectivity index (χ1v) is 8.23. The molecule has 6 heteroatoms. The molecule has 0 aliphatic heterocycles. The Morgan fingerprint density at radius 3 is 2.12 bits per heavy atom. The molecule has 0 fully saturated rings. The van der Waals surface area contributed by atoms with Crippen molar-refractivity contribution in [2.75, 3.05) is 31.7 Å². The van der Waals surface area contributed by atoms with Crippen molar-refractivity contribution in [3.05, 3.63) is 48.5 Å². The van der Waals surface area contributed by atoms with E-state index < -0.39 is 6.09 Å². The summed E-state index contributed by atoms with van der Waals surface area (Å²) < 4.78 is 21.5. The topological polar surface area (TPSA) is 66.0 Å². The second-order valence-electron chi connectivity index (χ2n) is 4.97. The fourth-order valence-electron chi connectivity index (χ4n) is 2.07. The van der Waals surface area contributed by atoms with E-state index in [-0.39, 0.29) is 0 Å². The van der Waals surface area contributed by atoms with Crippen LogP contribution in [-0.4, -0.2) is 32.5 Å². The Hall–Kier alpha value is -2.89. The van der Waals surface area contributed by atoms with Gasteiger partial charge in [0.15, 0.2) is 0 Å². The van der Waals surface area contributed by atoms with Crippen molar-refractivity contribution in [1.82, 2.24) is 0 Å². The summed E-state index contributed by atoms with van der Waals surface area (Å²) in [7, 11) is 0. The number of ether oxygens (including phenoxy) is 4. The SMILES string of the molecule is CCOC(=O)Nc1cccc(OCCOc2ccc(OCC)cc2)c1. The molecule has 0 aromatic heterocycles. The van der Waals surface area contributed by atoms with Crippen LogP contribution in [0.3, 0.4) is 0 Å². The van der Waals surface area contributed by atoms with Gasteiger partial charge in [-0.2, -0.15) is 0 Å². The van der Waals surface area contributed by atoms with Crippen molar-refractivity contribution < 1.29 is 23.7 Å². The van der Waals surface area contributed by atoms with Gasteiger partial charge < -0.3 is 18.9 Å². The molecule has 0 saturated carbocycles. The molecule has 0 heterocycles. The van der Waals surface area contributed by atoms with Gasteiger partial charge in [0.1, 0.15) is 30.5 Å². The third-order valence-electron chi connectivity index (χ3n) is 3.11. The van der Waals surface area contributed by atoms with Gasteiger partial charge in [0.2, 0.25) is 0 Å². The number of hydrogen-bond donors (Lipinski definition) is 1. The third kappa shape index (κ3) is 6.63. The van der Waals surface area contributed by atoms with E-state index in [9.17, 15) is 4.79 Å². The molecule has 0 radical (unpaired) electrons. The van der Waals surface area contributed by atoms with Crippen LogP contribution < -0.4 is 19.5 Å². The number of amides is 1. The van der Waals surface area contributed by atoms with E-state index in [0.29, 0.717) is 37.9 Å². The third-order valence-corrected chi connectivity index (χ3v) is 3.11. The maximum atomic E-state index is 11.4. The lowest BCUT2D eigenvalue weighted by atomic mass is 10.3. The van der Waals surface area contributed by atoms with E-state index >= 15 is 0 Å². The average Bonchev–Trinajstić information content (AvgIpc) is 2.61. The molecule has 1 N–H and O–H groups in total. The van der Waals surface area contributed by atoms with Crippen molar-refractivity contribution in [2.45, 2.75) is 13.8 Å². The van der Waals surface area contributed by atoms with Crippen LogP contribution in [0.25, 0.3) is 0 Å². The number of benzene rings is 2. The first-order chi connectivity index (χ1) is 12.2. The fraction of sp³-hybridized carbons (Fsp3) is 0.316. The Bertz CT molecular complexity index is 657. The molecule has 0 aliphatic carbocycles. The summed E-state index contributed by atoms with van der Waals surface area (Å²) in [6.07, 6.45) is -0.488. The molecular weight excluding hydrogens is 322 g/mol. The Balaban J connectivity index is 1.75. The Morgan fingerprint density at radius 2 is 1.48 bits per heavy atom. The van der Waals surface area contributed by atoms with Crippen LogP contribution in [0.1, 0.15) is 13.8 Å². The first-order valence-electron chi connectivity index (χ1n) is 8.23. The first kappa shape index (κ1) is 18.4. The van der Waals surface area contributed by atoms with Gasteiger partial charge in [-0.1, -0.05) is 6.07 Å². The van der Waals surface area contributed by atoms with E-state index in [1.54, 1.807) is 25.1 Å². The summed E-state index contributed by atoms with van der Waals surface area (Å²) in [6, 6.07) is 14.5. The predicted molar refractivity (Wildman–Crippen MR) is 95.7 cm³/mol. The van der Waals surface area contributed by atoms with Gasteiger partial charge >= 0.3 is 6.09 Å². The maximum Gasteiger partial charge on any atom is 0.411 e. The second-order valence-corrected chi connectivity index (χ2v) is 4.97. The summed E-state index contributed by atoms with van der Waals surface area (Å²) in [5, 5.41) is 2.63. The molecule has 6 nitrogen and oxygen atoms in total. The minimum Gasteiger partial charge on any atom is -0.494 e. The van der Waals surface area contributed by atoms with Crippen molar-refractivity contribution in [1.29, 1.82) is 0 Å². The van der Waals surface area contributed by atoms with Crippen LogP contribution in [0.15, 0.2) is 48.5 Å². The normalized spacial score (nSPS) is 10.0. The van der Waals surface area contributed by atoms with Gasteiger partial charge in [-0.3, -0.25) is 5.32 Å². The summed E-state index contributed by atoms with van der Waals surface area (Å²) in [5.41, 5.74) is 0.614. The molecule has 0 spiro atoms. The number of rotatable bonds is 9. The van der Waals surface area contributed by atoms with E-state index in [2.05, 4.69) is 5.32 Å². The molecule has 0 unspecified atom stereocenters. The lowest BCUT2D eigenvalue weighted by Gasteiger charge is -2.10. The fourth-order valence-corrected chi connectivity index (χ4v) is 2.07. The number of carbonyl (C=O) groups is 1. The maximum absolute atomic E-state index is 11.4. The number of carbonyl (C=O) groups excluding carboxylic acids is 1. The lowest BCUT2D eigenvalue weighted by molar-refractivity contribution is 0.168.